The van der Waals surface area contributed by atoms with Gasteiger partial charge in [0.1, 0.15) is 0 Å². The third-order valence-electron chi connectivity index (χ3n) is 3.46. The zero-order valence-electron chi connectivity index (χ0n) is 12.3. The molecule has 0 spiro atoms. The van der Waals surface area contributed by atoms with Crippen LogP contribution in [0.4, 0.5) is 5.69 Å². The summed E-state index contributed by atoms with van der Waals surface area (Å²) in [5.41, 5.74) is 1.59. The first-order chi connectivity index (χ1) is 10.8. The van der Waals surface area contributed by atoms with Crippen molar-refractivity contribution in [1.29, 1.82) is 0 Å². The van der Waals surface area contributed by atoms with E-state index in [2.05, 4.69) is 4.72 Å². The van der Waals surface area contributed by atoms with Gasteiger partial charge in [-0.15, -0.1) is 0 Å². The zero-order chi connectivity index (χ0) is 16.8. The molecule has 8 heteroatoms. The Morgan fingerprint density at radius 1 is 1.22 bits per heavy atom. The van der Waals surface area contributed by atoms with Crippen LogP contribution in [-0.2, 0) is 17.1 Å². The molecule has 0 fully saturated rings. The second-order valence-electron chi connectivity index (χ2n) is 5.13. The number of halogens is 1. The molecular formula is C15H13ClN2O4S. The highest BCUT2D eigenvalue weighted by molar-refractivity contribution is 7.92. The highest BCUT2D eigenvalue weighted by Crippen LogP contribution is 2.25. The van der Waals surface area contributed by atoms with E-state index in [-0.39, 0.29) is 4.90 Å². The highest BCUT2D eigenvalue weighted by atomic mass is 35.5. The van der Waals surface area contributed by atoms with Crippen LogP contribution in [0, 0.1) is 6.92 Å². The van der Waals surface area contributed by atoms with E-state index in [1.807, 2.05) is 0 Å². The Balaban J connectivity index is 2.12. The monoisotopic (exact) mass is 352 g/mol. The van der Waals surface area contributed by atoms with Crippen LogP contribution in [0.2, 0.25) is 5.02 Å². The van der Waals surface area contributed by atoms with E-state index < -0.39 is 15.8 Å². The van der Waals surface area contributed by atoms with Crippen LogP contribution >= 0.6 is 11.6 Å². The molecule has 0 saturated carbocycles. The van der Waals surface area contributed by atoms with Gasteiger partial charge in [-0.2, -0.15) is 0 Å². The summed E-state index contributed by atoms with van der Waals surface area (Å²) in [6.07, 6.45) is 0. The number of sulfonamides is 1. The van der Waals surface area contributed by atoms with Gasteiger partial charge in [0.2, 0.25) is 0 Å². The van der Waals surface area contributed by atoms with Crippen molar-refractivity contribution in [1.82, 2.24) is 4.57 Å². The molecule has 6 nitrogen and oxygen atoms in total. The van der Waals surface area contributed by atoms with Crippen molar-refractivity contribution in [2.24, 2.45) is 7.05 Å². The molecular weight excluding hydrogens is 340 g/mol. The fourth-order valence-electron chi connectivity index (χ4n) is 2.31. The third kappa shape index (κ3) is 2.85. The van der Waals surface area contributed by atoms with E-state index in [4.69, 9.17) is 16.0 Å². The normalized spacial score (nSPS) is 11.8. The fraction of sp³-hybridized carbons (Fsp3) is 0.133. The standard InChI is InChI=1S/C15H13ClN2O4S/c1-9-6-13-12(18(2)15(19)22-13)8-14(9)23(20,21)17-11-5-3-4-10(16)7-11/h3-8,17H,1-2H3. The number of aromatic nitrogens is 1. The minimum atomic E-state index is -3.83. The average Bonchev–Trinajstić information content (AvgIpc) is 2.72. The molecule has 1 heterocycles. The molecule has 0 aliphatic heterocycles. The molecule has 1 N–H and O–H groups in total. The highest BCUT2D eigenvalue weighted by Gasteiger charge is 2.20. The second-order valence-corrected chi connectivity index (χ2v) is 7.22. The molecule has 0 radical (unpaired) electrons. The van der Waals surface area contributed by atoms with Gasteiger partial charge in [0, 0.05) is 12.1 Å². The van der Waals surface area contributed by atoms with Gasteiger partial charge in [0.15, 0.2) is 5.58 Å². The maximum absolute atomic E-state index is 12.6. The lowest BCUT2D eigenvalue weighted by Gasteiger charge is -2.11. The Labute approximate surface area is 137 Å². The predicted molar refractivity (Wildman–Crippen MR) is 88.5 cm³/mol. The van der Waals surface area contributed by atoms with Crippen LogP contribution in [0.3, 0.4) is 0 Å². The zero-order valence-corrected chi connectivity index (χ0v) is 13.9. The van der Waals surface area contributed by atoms with Crippen molar-refractivity contribution >= 4 is 38.4 Å². The Kier molecular flexibility index (Phi) is 3.69. The van der Waals surface area contributed by atoms with Gasteiger partial charge in [-0.05, 0) is 42.8 Å². The second kappa shape index (κ2) is 5.43. The topological polar surface area (TPSA) is 81.3 Å². The summed E-state index contributed by atoms with van der Waals surface area (Å²) in [6.45, 7) is 1.64. The van der Waals surface area contributed by atoms with Gasteiger partial charge in [0.05, 0.1) is 16.1 Å². The van der Waals surface area contributed by atoms with Crippen LogP contribution < -0.4 is 10.5 Å². The molecule has 0 unspecified atom stereocenters. The van der Waals surface area contributed by atoms with Gasteiger partial charge in [-0.3, -0.25) is 9.29 Å². The van der Waals surface area contributed by atoms with E-state index in [0.717, 1.165) is 0 Å². The number of nitrogens with one attached hydrogen (secondary N) is 1. The van der Waals surface area contributed by atoms with E-state index in [1.54, 1.807) is 25.1 Å². The molecule has 1 aromatic heterocycles. The van der Waals surface area contributed by atoms with Crippen molar-refractivity contribution in [3.05, 3.63) is 57.5 Å². The molecule has 0 aliphatic rings. The fourth-order valence-corrected chi connectivity index (χ4v) is 3.79. The summed E-state index contributed by atoms with van der Waals surface area (Å²) in [5.74, 6) is -0.545. The quantitative estimate of drug-likeness (QED) is 0.785. The van der Waals surface area contributed by atoms with Gasteiger partial charge in [0.25, 0.3) is 10.0 Å². The molecule has 0 aliphatic carbocycles. The number of hydrogen-bond donors (Lipinski definition) is 1. The summed E-state index contributed by atoms with van der Waals surface area (Å²) >= 11 is 5.87. The lowest BCUT2D eigenvalue weighted by molar-refractivity contribution is 0.528. The van der Waals surface area contributed by atoms with Crippen molar-refractivity contribution in [2.45, 2.75) is 11.8 Å². The molecule has 23 heavy (non-hydrogen) atoms. The molecule has 120 valence electrons. The van der Waals surface area contributed by atoms with Crippen LogP contribution in [0.1, 0.15) is 5.56 Å². The number of rotatable bonds is 3. The molecule has 0 bridgehead atoms. The summed E-state index contributed by atoms with van der Waals surface area (Å²) in [4.78, 5) is 11.6. The van der Waals surface area contributed by atoms with Gasteiger partial charge in [-0.1, -0.05) is 17.7 Å². The summed E-state index contributed by atoms with van der Waals surface area (Å²) in [7, 11) is -2.31. The van der Waals surface area contributed by atoms with Crippen molar-refractivity contribution < 1.29 is 12.8 Å². The van der Waals surface area contributed by atoms with Crippen LogP contribution in [0.25, 0.3) is 11.1 Å². The minimum Gasteiger partial charge on any atom is -0.408 e. The number of anilines is 1. The van der Waals surface area contributed by atoms with E-state index in [1.165, 1.54) is 29.8 Å². The van der Waals surface area contributed by atoms with E-state index in [9.17, 15) is 13.2 Å². The Morgan fingerprint density at radius 3 is 2.65 bits per heavy atom. The summed E-state index contributed by atoms with van der Waals surface area (Å²) in [5, 5.41) is 0.426. The van der Waals surface area contributed by atoms with Crippen LogP contribution in [0.5, 0.6) is 0 Å². The van der Waals surface area contributed by atoms with Crippen LogP contribution in [-0.4, -0.2) is 13.0 Å². The maximum atomic E-state index is 12.6. The van der Waals surface area contributed by atoms with Crippen molar-refractivity contribution in [2.75, 3.05) is 4.72 Å². The summed E-state index contributed by atoms with van der Waals surface area (Å²) in [6, 6.07) is 9.37. The van der Waals surface area contributed by atoms with Crippen molar-refractivity contribution in [3.8, 4) is 0 Å². The number of oxazole rings is 1. The SMILES string of the molecule is Cc1cc2oc(=O)n(C)c2cc1S(=O)(=O)Nc1cccc(Cl)c1. The Morgan fingerprint density at radius 2 is 1.96 bits per heavy atom. The first-order valence-corrected chi connectivity index (χ1v) is 8.52. The lowest BCUT2D eigenvalue weighted by Crippen LogP contribution is -2.14. The molecule has 0 amide bonds. The molecule has 3 rings (SSSR count). The van der Waals surface area contributed by atoms with Gasteiger partial charge < -0.3 is 4.42 Å². The Bertz CT molecular complexity index is 1070. The summed E-state index contributed by atoms with van der Waals surface area (Å²) < 4.78 is 34.0. The number of hydrogen-bond acceptors (Lipinski definition) is 4. The van der Waals surface area contributed by atoms with E-state index >= 15 is 0 Å². The number of benzene rings is 2. The van der Waals surface area contributed by atoms with Gasteiger partial charge >= 0.3 is 5.76 Å². The first kappa shape index (κ1) is 15.6. The smallest absolute Gasteiger partial charge is 0.408 e. The van der Waals surface area contributed by atoms with Gasteiger partial charge in [-0.25, -0.2) is 13.2 Å². The van der Waals surface area contributed by atoms with Crippen LogP contribution in [0.15, 0.2) is 50.5 Å². The minimum absolute atomic E-state index is 0.0707. The molecule has 0 atom stereocenters. The Hall–Kier alpha value is -2.25. The first-order valence-electron chi connectivity index (χ1n) is 6.66. The molecule has 2 aromatic carbocycles. The number of nitrogens with zero attached hydrogens (tertiary/aromatic N) is 1. The molecule has 3 aromatic rings. The third-order valence-corrected chi connectivity index (χ3v) is 5.21. The van der Waals surface area contributed by atoms with E-state index in [0.29, 0.717) is 27.4 Å². The largest absolute Gasteiger partial charge is 0.419 e. The average molecular weight is 353 g/mol. The maximum Gasteiger partial charge on any atom is 0.419 e. The van der Waals surface area contributed by atoms with Crippen molar-refractivity contribution in [3.63, 3.8) is 0 Å². The number of fused-ring (bicyclic) bond motifs is 1. The molecule has 0 saturated heterocycles. The number of aryl methyl sites for hydroxylation is 2. The lowest BCUT2D eigenvalue weighted by atomic mass is 10.2. The predicted octanol–water partition coefficient (Wildman–Crippen LogP) is 2.89.